The number of benzene rings is 12. The molecule has 0 spiro atoms. The summed E-state index contributed by atoms with van der Waals surface area (Å²) in [6.45, 7) is 36.9. The molecule has 0 saturated carbocycles. The fourth-order valence-corrected chi connectivity index (χ4v) is 17.9. The number of para-hydroxylation sites is 2. The van der Waals surface area contributed by atoms with Gasteiger partial charge in [-0.05, 0) is 141 Å². The van der Waals surface area contributed by atoms with E-state index in [0.29, 0.717) is 11.4 Å². The maximum atomic E-state index is 18.6. The van der Waals surface area contributed by atoms with Crippen molar-refractivity contribution in [2.24, 2.45) is 0 Å². The molecule has 2 nitrogen and oxygen atoms in total. The van der Waals surface area contributed by atoms with Gasteiger partial charge in [-0.1, -0.05) is 269 Å². The third-order valence-corrected chi connectivity index (χ3v) is 26.6. The third kappa shape index (κ3) is 11.1. The summed E-state index contributed by atoms with van der Waals surface area (Å²) in [6, 6.07) is 73.8. The van der Waals surface area contributed by atoms with E-state index >= 15 is 8.78 Å². The number of anilines is 6. The van der Waals surface area contributed by atoms with E-state index < -0.39 is 32.3 Å². The van der Waals surface area contributed by atoms with E-state index in [1.807, 2.05) is 0 Å². The number of aryl methyl sites for hydroxylation is 4. The summed E-state index contributed by atoms with van der Waals surface area (Å²) in [7, 11) is -6.54. The van der Waals surface area contributed by atoms with Crippen LogP contribution in [0.4, 0.5) is 42.9 Å². The summed E-state index contributed by atoms with van der Waals surface area (Å²) in [5.41, 5.74) is 15.9. The number of hydrogen-bond acceptors (Lipinski definition) is 2. The van der Waals surface area contributed by atoms with Gasteiger partial charge in [-0.15, -0.1) is 0 Å². The van der Waals surface area contributed by atoms with Crippen molar-refractivity contribution < 1.29 is 8.78 Å². The van der Waals surface area contributed by atoms with Gasteiger partial charge < -0.3 is 9.80 Å². The van der Waals surface area contributed by atoms with E-state index in [1.54, 1.807) is 12.1 Å². The Kier molecular flexibility index (Phi) is 15.5. The van der Waals surface area contributed by atoms with E-state index in [4.69, 9.17) is 0 Å². The molecule has 12 aromatic rings. The van der Waals surface area contributed by atoms with Crippen LogP contribution in [0, 0.1) is 39.3 Å². The number of rotatable bonds is 14. The first-order valence-electron chi connectivity index (χ1n) is 31.2. The second-order valence-electron chi connectivity index (χ2n) is 28.8. The van der Waals surface area contributed by atoms with E-state index in [9.17, 15) is 0 Å². The van der Waals surface area contributed by atoms with Gasteiger partial charge in [-0.3, -0.25) is 0 Å². The monoisotopic (exact) mass is 1220 g/mol. The van der Waals surface area contributed by atoms with Crippen LogP contribution in [0.1, 0.15) is 22.3 Å². The molecule has 12 rings (SSSR count). The molecule has 0 aliphatic carbocycles. The zero-order chi connectivity index (χ0) is 62.5. The predicted molar refractivity (Wildman–Crippen MR) is 392 cm³/mol. The molecule has 0 amide bonds. The average Bonchev–Trinajstić information content (AvgIpc) is 0.730. The van der Waals surface area contributed by atoms with Crippen LogP contribution in [0.15, 0.2) is 206 Å². The second-order valence-corrected chi connectivity index (χ2v) is 49.1. The Balaban J connectivity index is 1.13. The molecular weight excluding hydrogens is 1140 g/mol. The summed E-state index contributed by atoms with van der Waals surface area (Å²) >= 11 is 0. The van der Waals surface area contributed by atoms with Crippen LogP contribution in [-0.4, -0.2) is 32.3 Å². The molecule has 0 bridgehead atoms. The van der Waals surface area contributed by atoms with Crippen molar-refractivity contribution in [3.05, 3.63) is 240 Å². The van der Waals surface area contributed by atoms with Crippen molar-refractivity contribution in [3.63, 3.8) is 0 Å². The zero-order valence-corrected chi connectivity index (χ0v) is 58.3. The second kappa shape index (κ2) is 22.6. The molecule has 0 fully saturated rings. The lowest BCUT2D eigenvalue weighted by Crippen LogP contribution is -2.37. The smallest absolute Gasteiger partial charge is 0.148 e. The number of hydrogen-bond donors (Lipinski definition) is 0. The summed E-state index contributed by atoms with van der Waals surface area (Å²) in [5.74, 6) is -0.614. The molecule has 0 aliphatic heterocycles. The summed E-state index contributed by atoms with van der Waals surface area (Å²) in [5, 5.41) is 11.6. The lowest BCUT2D eigenvalue weighted by molar-refractivity contribution is 0.629. The molecular formula is C80H82F2N2Si4. The molecule has 12 aromatic carbocycles. The first-order chi connectivity index (χ1) is 41.6. The summed E-state index contributed by atoms with van der Waals surface area (Å²) in [4.78, 5) is 4.43. The average molecular weight is 1220 g/mol. The Morgan fingerprint density at radius 2 is 0.545 bits per heavy atom. The fourth-order valence-electron chi connectivity index (χ4n) is 13.2. The molecule has 0 aromatic heterocycles. The highest BCUT2D eigenvalue weighted by atomic mass is 28.3. The van der Waals surface area contributed by atoms with Crippen molar-refractivity contribution in [2.75, 3.05) is 9.80 Å². The van der Waals surface area contributed by atoms with Gasteiger partial charge in [-0.2, -0.15) is 0 Å². The lowest BCUT2D eigenvalue weighted by Gasteiger charge is -2.33. The molecule has 0 radical (unpaired) electrons. The molecule has 0 atom stereocenters. The van der Waals surface area contributed by atoms with Gasteiger partial charge in [0.1, 0.15) is 11.6 Å². The van der Waals surface area contributed by atoms with Crippen molar-refractivity contribution >= 4 is 119 Å². The predicted octanol–water partition coefficient (Wildman–Crippen LogP) is 21.9. The van der Waals surface area contributed by atoms with Crippen LogP contribution in [0.3, 0.4) is 0 Å². The normalized spacial score (nSPS) is 12.4. The van der Waals surface area contributed by atoms with Crippen molar-refractivity contribution in [1.29, 1.82) is 0 Å². The lowest BCUT2D eigenvalue weighted by atomic mass is 9.90. The van der Waals surface area contributed by atoms with Gasteiger partial charge >= 0.3 is 0 Å². The van der Waals surface area contributed by atoms with E-state index in [2.05, 4.69) is 310 Å². The van der Waals surface area contributed by atoms with Crippen LogP contribution in [0.5, 0.6) is 0 Å². The standard InChI is InChI=1S/C80H82F2N2Si4/c1-51-19-17-20-52(2)77(51)83(79-69(57-27-39-65(40-28-57)87(11,12)13)47-61(49-71(79)81)55-23-35-63(36-24-55)85(5,6)7)73-45-33-59-32-44-68-74(46-34-60-31-43-67(73)75(59)76(60)68)84(78-53(3)21-18-22-54(78)4)80-70(58-29-41-66(42-30-58)88(14,15)16)48-62(50-72(80)82)56-25-37-64(38-26-56)86(8,9)10/h17-50H,1-16H3. The van der Waals surface area contributed by atoms with Crippen LogP contribution in [-0.2, 0) is 0 Å². The first kappa shape index (κ1) is 60.3. The van der Waals surface area contributed by atoms with E-state index in [1.165, 1.54) is 20.7 Å². The highest BCUT2D eigenvalue weighted by molar-refractivity contribution is 6.90. The third-order valence-electron chi connectivity index (χ3n) is 18.3. The number of nitrogens with zero attached hydrogens (tertiary/aromatic N) is 2. The number of halogens is 2. The Morgan fingerprint density at radius 3 is 0.830 bits per heavy atom. The van der Waals surface area contributed by atoms with Gasteiger partial charge in [0.05, 0.1) is 66.4 Å². The van der Waals surface area contributed by atoms with Gasteiger partial charge in [0.15, 0.2) is 0 Å². The fraction of sp³-hybridized carbons (Fsp3) is 0.200. The Hall–Kier alpha value is -7.99. The molecule has 0 saturated heterocycles. The Bertz CT molecular complexity index is 4300. The Labute approximate surface area is 525 Å². The summed E-state index contributed by atoms with van der Waals surface area (Å²) in [6.07, 6.45) is 0. The highest BCUT2D eigenvalue weighted by Gasteiger charge is 2.31. The van der Waals surface area contributed by atoms with Crippen LogP contribution >= 0.6 is 0 Å². The molecule has 0 heterocycles. The van der Waals surface area contributed by atoms with Gasteiger partial charge in [0.2, 0.25) is 0 Å². The minimum Gasteiger partial charge on any atom is -0.306 e. The molecule has 0 aliphatic rings. The topological polar surface area (TPSA) is 6.48 Å². The molecule has 8 heteroatoms. The van der Waals surface area contributed by atoms with Crippen molar-refractivity contribution in [3.8, 4) is 44.5 Å². The van der Waals surface area contributed by atoms with Gasteiger partial charge in [-0.25, -0.2) is 8.78 Å². The largest absolute Gasteiger partial charge is 0.306 e. The van der Waals surface area contributed by atoms with E-state index in [-0.39, 0.29) is 11.6 Å². The van der Waals surface area contributed by atoms with Crippen LogP contribution in [0.25, 0.3) is 76.8 Å². The van der Waals surface area contributed by atoms with Crippen LogP contribution in [0.2, 0.25) is 78.6 Å². The SMILES string of the molecule is Cc1cccc(C)c1N(c1c(F)cc(-c2ccc([Si](C)(C)C)cc2)cc1-c1ccc([Si](C)(C)C)cc1)c1ccc2ccc3c(N(c4c(C)cccc4C)c4c(F)cc(-c5ccc([Si](C)(C)C)cc5)cc4-c4ccc([Si](C)(C)C)cc4)ccc4ccc1c2c43. The van der Waals surface area contributed by atoms with Crippen molar-refractivity contribution in [1.82, 2.24) is 0 Å². The molecule has 0 N–H and O–H groups in total. The maximum absolute atomic E-state index is 18.6. The molecule has 442 valence electrons. The highest BCUT2D eigenvalue weighted by Crippen LogP contribution is 2.53. The zero-order valence-electron chi connectivity index (χ0n) is 54.3. The van der Waals surface area contributed by atoms with Crippen LogP contribution < -0.4 is 30.5 Å². The minimum atomic E-state index is -1.68. The molecule has 88 heavy (non-hydrogen) atoms. The maximum Gasteiger partial charge on any atom is 0.148 e. The van der Waals surface area contributed by atoms with Gasteiger partial charge in [0, 0.05) is 21.9 Å². The first-order valence-corrected chi connectivity index (χ1v) is 45.2. The van der Waals surface area contributed by atoms with Gasteiger partial charge in [0.25, 0.3) is 0 Å². The Morgan fingerprint density at radius 1 is 0.273 bits per heavy atom. The van der Waals surface area contributed by atoms with E-state index in [0.717, 1.165) is 122 Å². The molecule has 0 unspecified atom stereocenters. The quantitative estimate of drug-likeness (QED) is 0.0791. The van der Waals surface area contributed by atoms with Crippen molar-refractivity contribution in [2.45, 2.75) is 106 Å². The minimum absolute atomic E-state index is 0.307. The summed E-state index contributed by atoms with van der Waals surface area (Å²) < 4.78 is 37.2.